The zero-order valence-electron chi connectivity index (χ0n) is 3.71. The molecule has 2 rings (SSSR count). The molecule has 0 bridgehead atoms. The van der Waals surface area contributed by atoms with Gasteiger partial charge in [-0.3, -0.25) is 0 Å². The van der Waals surface area contributed by atoms with Crippen LogP contribution >= 0.6 is 23.1 Å². The van der Waals surface area contributed by atoms with Crippen molar-refractivity contribution in [1.29, 1.82) is 0 Å². The second-order valence-corrected chi connectivity index (χ2v) is 2.79. The predicted molar refractivity (Wildman–Crippen MR) is 33.0 cm³/mol. The van der Waals surface area contributed by atoms with Gasteiger partial charge >= 0.3 is 0 Å². The summed E-state index contributed by atoms with van der Waals surface area (Å²) in [5, 5.41) is 0. The van der Waals surface area contributed by atoms with Crippen molar-refractivity contribution >= 4 is 32.5 Å². The summed E-state index contributed by atoms with van der Waals surface area (Å²) in [6.07, 6.45) is 5.59. The Labute approximate surface area is 54.1 Å². The average molecular weight is 140 g/mol. The normalized spacial score (nSPS) is 10.5. The molecule has 0 aliphatic carbocycles. The lowest BCUT2D eigenvalue weighted by Crippen LogP contribution is -1.42. The Morgan fingerprint density at radius 3 is 2.00 bits per heavy atom. The molecule has 0 atom stereocenters. The van der Waals surface area contributed by atoms with Crippen LogP contribution in [0.5, 0.6) is 0 Å². The SMILES string of the molecule is [c]1nsc2[c]nsc12. The molecule has 0 saturated heterocycles. The van der Waals surface area contributed by atoms with Gasteiger partial charge in [0.1, 0.15) is 12.4 Å². The van der Waals surface area contributed by atoms with Crippen LogP contribution in [0.1, 0.15) is 0 Å². The highest BCUT2D eigenvalue weighted by Crippen LogP contribution is 2.18. The zero-order valence-corrected chi connectivity index (χ0v) is 5.34. The molecule has 2 aromatic rings. The van der Waals surface area contributed by atoms with Gasteiger partial charge in [-0.15, -0.1) is 0 Å². The van der Waals surface area contributed by atoms with Gasteiger partial charge in [0.05, 0.1) is 9.40 Å². The summed E-state index contributed by atoms with van der Waals surface area (Å²) >= 11 is 2.76. The minimum Gasteiger partial charge on any atom is -0.189 e. The van der Waals surface area contributed by atoms with Crippen LogP contribution in [0, 0.1) is 12.4 Å². The summed E-state index contributed by atoms with van der Waals surface area (Å²) < 4.78 is 9.65. The lowest BCUT2D eigenvalue weighted by atomic mass is 10.6. The Morgan fingerprint density at radius 2 is 1.50 bits per heavy atom. The Bertz CT molecular complexity index is 233. The van der Waals surface area contributed by atoms with E-state index in [1.54, 1.807) is 0 Å². The summed E-state index contributed by atoms with van der Waals surface area (Å²) in [6.45, 7) is 0. The molecule has 0 fully saturated rings. The van der Waals surface area contributed by atoms with E-state index in [4.69, 9.17) is 0 Å². The summed E-state index contributed by atoms with van der Waals surface area (Å²) in [6, 6.07) is 0. The first-order valence-electron chi connectivity index (χ1n) is 1.97. The van der Waals surface area contributed by atoms with Crippen LogP contribution in [-0.2, 0) is 0 Å². The molecular weight excluding hydrogens is 140 g/mol. The number of nitrogens with zero attached hydrogens (tertiary/aromatic N) is 2. The molecule has 38 valence electrons. The van der Waals surface area contributed by atoms with E-state index in [0.29, 0.717) is 0 Å². The molecule has 0 N–H and O–H groups in total. The van der Waals surface area contributed by atoms with Crippen molar-refractivity contribution in [3.8, 4) is 0 Å². The molecule has 2 radical (unpaired) electrons. The third kappa shape index (κ3) is 0.468. The number of hydrogen-bond donors (Lipinski definition) is 0. The van der Waals surface area contributed by atoms with Crippen LogP contribution in [0.3, 0.4) is 0 Å². The Kier molecular flexibility index (Phi) is 0.824. The van der Waals surface area contributed by atoms with Gasteiger partial charge in [-0.05, 0) is 23.1 Å². The van der Waals surface area contributed by atoms with E-state index in [1.165, 1.54) is 23.1 Å². The van der Waals surface area contributed by atoms with Crippen LogP contribution in [-0.4, -0.2) is 8.75 Å². The fourth-order valence-electron chi connectivity index (χ4n) is 0.445. The van der Waals surface area contributed by atoms with Gasteiger partial charge in [-0.1, -0.05) is 0 Å². The minimum absolute atomic E-state index is 1.01. The number of fused-ring (bicyclic) bond motifs is 1. The first kappa shape index (κ1) is 4.40. The zero-order chi connectivity index (χ0) is 5.40. The van der Waals surface area contributed by atoms with Crippen LogP contribution in [0.15, 0.2) is 0 Å². The van der Waals surface area contributed by atoms with Crippen LogP contribution in [0.2, 0.25) is 0 Å². The highest BCUT2D eigenvalue weighted by atomic mass is 32.1. The van der Waals surface area contributed by atoms with E-state index in [0.717, 1.165) is 9.40 Å². The predicted octanol–water partition coefficient (Wildman–Crippen LogP) is 1.35. The van der Waals surface area contributed by atoms with E-state index < -0.39 is 0 Å². The molecule has 2 aromatic heterocycles. The summed E-state index contributed by atoms with van der Waals surface area (Å²) in [7, 11) is 0. The van der Waals surface area contributed by atoms with Crippen molar-refractivity contribution in [3.05, 3.63) is 12.4 Å². The molecule has 0 aromatic carbocycles. The van der Waals surface area contributed by atoms with Gasteiger partial charge in [0.15, 0.2) is 0 Å². The van der Waals surface area contributed by atoms with Gasteiger partial charge in [0.25, 0.3) is 0 Å². The first-order chi connectivity index (χ1) is 3.97. The Balaban J connectivity index is 3.06. The minimum atomic E-state index is 1.01. The molecule has 0 saturated carbocycles. The maximum Gasteiger partial charge on any atom is 0.125 e. The molecule has 2 nitrogen and oxygen atoms in total. The molecule has 0 unspecified atom stereocenters. The van der Waals surface area contributed by atoms with E-state index >= 15 is 0 Å². The number of hydrogen-bond acceptors (Lipinski definition) is 4. The van der Waals surface area contributed by atoms with Crippen molar-refractivity contribution in [3.63, 3.8) is 0 Å². The van der Waals surface area contributed by atoms with Crippen LogP contribution in [0.25, 0.3) is 9.40 Å². The van der Waals surface area contributed by atoms with Crippen molar-refractivity contribution in [2.45, 2.75) is 0 Å². The van der Waals surface area contributed by atoms with E-state index in [9.17, 15) is 0 Å². The molecule has 0 amide bonds. The van der Waals surface area contributed by atoms with Gasteiger partial charge in [-0.2, -0.15) is 8.75 Å². The quantitative estimate of drug-likeness (QED) is 0.552. The van der Waals surface area contributed by atoms with E-state index in [-0.39, 0.29) is 0 Å². The Morgan fingerprint density at radius 1 is 1.00 bits per heavy atom. The second kappa shape index (κ2) is 1.50. The molecule has 0 spiro atoms. The van der Waals surface area contributed by atoms with Crippen molar-refractivity contribution in [2.24, 2.45) is 0 Å². The van der Waals surface area contributed by atoms with Gasteiger partial charge < -0.3 is 0 Å². The largest absolute Gasteiger partial charge is 0.189 e. The van der Waals surface area contributed by atoms with Crippen LogP contribution < -0.4 is 0 Å². The van der Waals surface area contributed by atoms with Gasteiger partial charge in [-0.25, -0.2) is 0 Å². The fourth-order valence-corrected chi connectivity index (χ4v) is 1.67. The Hall–Kier alpha value is -0.480. The number of rotatable bonds is 0. The molecular formula is C4N2S2. The third-order valence-corrected chi connectivity index (χ3v) is 2.22. The smallest absolute Gasteiger partial charge is 0.125 e. The highest BCUT2D eigenvalue weighted by molar-refractivity contribution is 7.21. The van der Waals surface area contributed by atoms with Crippen molar-refractivity contribution < 1.29 is 0 Å². The van der Waals surface area contributed by atoms with Gasteiger partial charge in [0, 0.05) is 0 Å². The lowest BCUT2D eigenvalue weighted by molar-refractivity contribution is 1.58. The fraction of sp³-hybridized carbons (Fsp3) is 0. The summed E-state index contributed by atoms with van der Waals surface area (Å²) in [5.41, 5.74) is 0. The van der Waals surface area contributed by atoms with E-state index in [2.05, 4.69) is 21.1 Å². The van der Waals surface area contributed by atoms with Crippen molar-refractivity contribution in [1.82, 2.24) is 8.75 Å². The topological polar surface area (TPSA) is 25.8 Å². The first-order valence-corrected chi connectivity index (χ1v) is 3.52. The summed E-state index contributed by atoms with van der Waals surface area (Å²) in [5.74, 6) is 0. The third-order valence-electron chi connectivity index (χ3n) is 0.774. The molecule has 4 heteroatoms. The van der Waals surface area contributed by atoms with E-state index in [1.807, 2.05) is 0 Å². The molecule has 0 aliphatic rings. The van der Waals surface area contributed by atoms with Crippen LogP contribution in [0.4, 0.5) is 0 Å². The lowest BCUT2D eigenvalue weighted by Gasteiger charge is -1.56. The number of aromatic nitrogens is 2. The average Bonchev–Trinajstić information content (AvgIpc) is 2.15. The van der Waals surface area contributed by atoms with Gasteiger partial charge in [0.2, 0.25) is 0 Å². The molecule has 0 aliphatic heterocycles. The molecule has 2 heterocycles. The molecule has 8 heavy (non-hydrogen) atoms. The standard InChI is InChI=1S/C4N2S2/c1-3-4(8-5-1)2-6-7-3. The summed E-state index contributed by atoms with van der Waals surface area (Å²) in [4.78, 5) is 0. The maximum atomic E-state index is 3.82. The van der Waals surface area contributed by atoms with Crippen molar-refractivity contribution in [2.75, 3.05) is 0 Å². The second-order valence-electron chi connectivity index (χ2n) is 1.25. The monoisotopic (exact) mass is 140 g/mol. The highest BCUT2D eigenvalue weighted by Gasteiger charge is 1.96. The maximum absolute atomic E-state index is 3.82.